The van der Waals surface area contributed by atoms with Crippen molar-refractivity contribution in [3.05, 3.63) is 99.8 Å². The van der Waals surface area contributed by atoms with Gasteiger partial charge in [-0.05, 0) is 48.0 Å². The number of anilines is 1. The van der Waals surface area contributed by atoms with Crippen molar-refractivity contribution in [3.63, 3.8) is 0 Å². The van der Waals surface area contributed by atoms with E-state index >= 15 is 0 Å². The van der Waals surface area contributed by atoms with E-state index in [1.54, 1.807) is 0 Å². The number of hydrogen-bond donors (Lipinski definition) is 1. The van der Waals surface area contributed by atoms with E-state index in [4.69, 9.17) is 16.3 Å². The van der Waals surface area contributed by atoms with E-state index in [1.807, 2.05) is 0 Å². The molecule has 0 spiro atoms. The highest BCUT2D eigenvalue weighted by Gasteiger charge is 2.47. The number of carbonyl (C=O) groups excluding carboxylic acids is 2. The van der Waals surface area contributed by atoms with E-state index < -0.39 is 40.9 Å². The minimum Gasteiger partial charge on any atom is -0.507 e. The third kappa shape index (κ3) is 3.93. The van der Waals surface area contributed by atoms with Gasteiger partial charge in [0, 0.05) is 17.3 Å². The highest BCUT2D eigenvalue weighted by molar-refractivity contribution is 6.51. The first kappa shape index (κ1) is 22.4. The van der Waals surface area contributed by atoms with Crippen LogP contribution in [0.2, 0.25) is 5.02 Å². The molecule has 0 saturated carbocycles. The molecule has 3 aromatic rings. The van der Waals surface area contributed by atoms with Crippen LogP contribution in [0.25, 0.3) is 5.76 Å². The predicted molar refractivity (Wildman–Crippen MR) is 116 cm³/mol. The molecule has 1 amide bonds. The maximum Gasteiger partial charge on any atom is 0.300 e. The van der Waals surface area contributed by atoms with Gasteiger partial charge >= 0.3 is 0 Å². The molecule has 1 saturated heterocycles. The van der Waals surface area contributed by atoms with Gasteiger partial charge in [-0.2, -0.15) is 0 Å². The number of methoxy groups -OCH3 is 1. The number of aliphatic hydroxyl groups is 1. The fourth-order valence-corrected chi connectivity index (χ4v) is 3.92. The summed E-state index contributed by atoms with van der Waals surface area (Å²) in [7, 11) is 1.41. The summed E-state index contributed by atoms with van der Waals surface area (Å²) < 4.78 is 46.1. The minimum absolute atomic E-state index is 0.114. The molecule has 1 heterocycles. The van der Waals surface area contributed by atoms with Crippen LogP contribution in [0.15, 0.2) is 66.2 Å². The van der Waals surface area contributed by atoms with Gasteiger partial charge in [0.1, 0.15) is 17.3 Å². The fraction of sp³-hybridized carbons (Fsp3) is 0.0833. The average molecular weight is 474 g/mol. The number of halogens is 4. The van der Waals surface area contributed by atoms with E-state index in [0.29, 0.717) is 5.75 Å². The predicted octanol–water partition coefficient (Wildman–Crippen LogP) is 5.39. The normalized spacial score (nSPS) is 17.5. The van der Waals surface area contributed by atoms with Gasteiger partial charge in [0.2, 0.25) is 0 Å². The number of ether oxygens (including phenoxy) is 1. The molecule has 1 fully saturated rings. The molecule has 1 atom stereocenters. The summed E-state index contributed by atoms with van der Waals surface area (Å²) in [5.41, 5.74) is -0.0487. The van der Waals surface area contributed by atoms with Crippen LogP contribution in [0.3, 0.4) is 0 Å². The van der Waals surface area contributed by atoms with Crippen molar-refractivity contribution in [3.8, 4) is 5.75 Å². The molecule has 0 radical (unpaired) electrons. The van der Waals surface area contributed by atoms with Crippen LogP contribution in [0, 0.1) is 17.5 Å². The molecular formula is C24H15ClF3NO4. The first-order chi connectivity index (χ1) is 15.7. The van der Waals surface area contributed by atoms with Crippen molar-refractivity contribution in [2.45, 2.75) is 6.04 Å². The van der Waals surface area contributed by atoms with Crippen LogP contribution in [-0.2, 0) is 9.59 Å². The molecule has 0 bridgehead atoms. The molecule has 5 nitrogen and oxygen atoms in total. The lowest BCUT2D eigenvalue weighted by atomic mass is 9.95. The second kappa shape index (κ2) is 8.63. The first-order valence-electron chi connectivity index (χ1n) is 9.58. The number of nitrogens with zero attached hydrogens (tertiary/aromatic N) is 1. The number of amides is 1. The zero-order valence-corrected chi connectivity index (χ0v) is 17.7. The number of carbonyl (C=O) groups is 2. The average Bonchev–Trinajstić information content (AvgIpc) is 3.06. The molecule has 1 N–H and O–H groups in total. The Bertz CT molecular complexity index is 1310. The molecule has 0 aliphatic carbocycles. The third-order valence-electron chi connectivity index (χ3n) is 5.24. The van der Waals surface area contributed by atoms with Crippen molar-refractivity contribution in [2.24, 2.45) is 0 Å². The molecule has 9 heteroatoms. The molecule has 3 aromatic carbocycles. The van der Waals surface area contributed by atoms with Crippen LogP contribution in [-0.4, -0.2) is 23.9 Å². The molecule has 4 rings (SSSR count). The Morgan fingerprint density at radius 2 is 1.67 bits per heavy atom. The zero-order chi connectivity index (χ0) is 23.9. The number of ketones is 1. The second-order valence-corrected chi connectivity index (χ2v) is 7.58. The van der Waals surface area contributed by atoms with E-state index in [-0.39, 0.29) is 27.4 Å². The lowest BCUT2D eigenvalue weighted by Gasteiger charge is -2.25. The maximum absolute atomic E-state index is 13.9. The minimum atomic E-state index is -1.24. The summed E-state index contributed by atoms with van der Waals surface area (Å²) in [4.78, 5) is 26.9. The molecule has 33 heavy (non-hydrogen) atoms. The number of Topliss-reactive ketones (excluding diaryl/α,β-unsaturated/α-hetero) is 1. The summed E-state index contributed by atoms with van der Waals surface area (Å²) in [5, 5.41) is 11.2. The van der Waals surface area contributed by atoms with Gasteiger partial charge in [0.15, 0.2) is 11.6 Å². The Balaban J connectivity index is 1.94. The van der Waals surface area contributed by atoms with Crippen LogP contribution in [0.1, 0.15) is 17.2 Å². The van der Waals surface area contributed by atoms with Crippen LogP contribution in [0.5, 0.6) is 5.75 Å². The molecule has 0 aromatic heterocycles. The molecule has 1 aliphatic heterocycles. The standard InChI is InChI=1S/C24H15ClF3NO4/c1-33-19-9-4-13(10-16(19)25)22(30)20-21(12-2-5-14(26)6-3-12)29(24(32)23(20)31)15-7-8-17(27)18(28)11-15/h2-11,21,30H,1H3/b22-20+. The number of hydrogen-bond acceptors (Lipinski definition) is 4. The van der Waals surface area contributed by atoms with Gasteiger partial charge in [-0.1, -0.05) is 23.7 Å². The summed E-state index contributed by atoms with van der Waals surface area (Å²) >= 11 is 6.13. The SMILES string of the molecule is COc1ccc(/C(O)=C2\C(=O)C(=O)N(c3ccc(F)c(F)c3)C2c2ccc(F)cc2)cc1Cl. The van der Waals surface area contributed by atoms with Crippen molar-refractivity contribution < 1.29 is 32.6 Å². The van der Waals surface area contributed by atoms with E-state index in [2.05, 4.69) is 0 Å². The lowest BCUT2D eigenvalue weighted by Crippen LogP contribution is -2.29. The summed E-state index contributed by atoms with van der Waals surface area (Å²) in [6, 6.07) is 10.6. The van der Waals surface area contributed by atoms with Crippen molar-refractivity contribution in [1.82, 2.24) is 0 Å². The molecule has 1 aliphatic rings. The first-order valence-corrected chi connectivity index (χ1v) is 9.96. The second-order valence-electron chi connectivity index (χ2n) is 7.17. The van der Waals surface area contributed by atoms with Gasteiger partial charge in [-0.25, -0.2) is 13.2 Å². The third-order valence-corrected chi connectivity index (χ3v) is 5.53. The van der Waals surface area contributed by atoms with Gasteiger partial charge < -0.3 is 9.84 Å². The topological polar surface area (TPSA) is 66.8 Å². The fourth-order valence-electron chi connectivity index (χ4n) is 3.66. The highest BCUT2D eigenvalue weighted by atomic mass is 35.5. The summed E-state index contributed by atoms with van der Waals surface area (Å²) in [6.07, 6.45) is 0. The van der Waals surface area contributed by atoms with Gasteiger partial charge in [-0.3, -0.25) is 14.5 Å². The van der Waals surface area contributed by atoms with E-state index in [9.17, 15) is 27.9 Å². The van der Waals surface area contributed by atoms with Crippen LogP contribution in [0.4, 0.5) is 18.9 Å². The maximum atomic E-state index is 13.9. The van der Waals surface area contributed by atoms with Crippen LogP contribution < -0.4 is 9.64 Å². The van der Waals surface area contributed by atoms with Crippen LogP contribution >= 0.6 is 11.6 Å². The van der Waals surface area contributed by atoms with E-state index in [0.717, 1.165) is 35.2 Å². The quantitative estimate of drug-likeness (QED) is 0.313. The number of benzene rings is 3. The number of rotatable bonds is 4. The Hall–Kier alpha value is -3.78. The number of aliphatic hydroxyl groups excluding tert-OH is 1. The summed E-state index contributed by atoms with van der Waals surface area (Å²) in [6.45, 7) is 0. The molecule has 168 valence electrons. The molecule has 1 unspecified atom stereocenters. The highest BCUT2D eigenvalue weighted by Crippen LogP contribution is 2.43. The van der Waals surface area contributed by atoms with Crippen molar-refractivity contribution >= 4 is 34.7 Å². The Morgan fingerprint density at radius 1 is 0.970 bits per heavy atom. The largest absolute Gasteiger partial charge is 0.507 e. The smallest absolute Gasteiger partial charge is 0.300 e. The van der Waals surface area contributed by atoms with Gasteiger partial charge in [-0.15, -0.1) is 0 Å². The van der Waals surface area contributed by atoms with Crippen molar-refractivity contribution in [1.29, 1.82) is 0 Å². The van der Waals surface area contributed by atoms with Gasteiger partial charge in [0.05, 0.1) is 23.7 Å². The van der Waals surface area contributed by atoms with Crippen molar-refractivity contribution in [2.75, 3.05) is 12.0 Å². The Labute approximate surface area is 191 Å². The summed E-state index contributed by atoms with van der Waals surface area (Å²) in [5.74, 6) is -5.28. The van der Waals surface area contributed by atoms with Gasteiger partial charge in [0.25, 0.3) is 11.7 Å². The Morgan fingerprint density at radius 3 is 2.27 bits per heavy atom. The zero-order valence-electron chi connectivity index (χ0n) is 17.0. The van der Waals surface area contributed by atoms with E-state index in [1.165, 1.54) is 37.4 Å². The molecular weight excluding hydrogens is 459 g/mol. The lowest BCUT2D eigenvalue weighted by molar-refractivity contribution is -0.132. The monoisotopic (exact) mass is 473 g/mol. The Kier molecular flexibility index (Phi) is 5.86.